The predicted molar refractivity (Wildman–Crippen MR) is 57.1 cm³/mol. The Bertz CT molecular complexity index is 346. The van der Waals surface area contributed by atoms with Gasteiger partial charge in [0.1, 0.15) is 6.04 Å². The van der Waals surface area contributed by atoms with Crippen LogP contribution < -0.4 is 5.32 Å². The zero-order chi connectivity index (χ0) is 9.84. The molecule has 0 radical (unpaired) electrons. The summed E-state index contributed by atoms with van der Waals surface area (Å²) in [4.78, 5) is 4.14. The van der Waals surface area contributed by atoms with Crippen LogP contribution >= 0.6 is 31.9 Å². The highest BCUT2D eigenvalue weighted by molar-refractivity contribution is 9.11. The Morgan fingerprint density at radius 1 is 1.62 bits per heavy atom. The highest BCUT2D eigenvalue weighted by Gasteiger charge is 2.12. The van der Waals surface area contributed by atoms with Crippen LogP contribution in [0.5, 0.6) is 0 Å². The molecule has 1 unspecified atom stereocenters. The van der Waals surface area contributed by atoms with Gasteiger partial charge < -0.3 is 0 Å². The van der Waals surface area contributed by atoms with E-state index in [-0.39, 0.29) is 6.04 Å². The van der Waals surface area contributed by atoms with Crippen molar-refractivity contribution in [1.82, 2.24) is 10.3 Å². The summed E-state index contributed by atoms with van der Waals surface area (Å²) in [5.74, 6) is 0. The fourth-order valence-electron chi connectivity index (χ4n) is 0.900. The molecule has 1 aromatic heterocycles. The molecular weight excluding hydrogens is 298 g/mol. The third kappa shape index (κ3) is 2.50. The zero-order valence-corrected chi connectivity index (χ0v) is 10.1. The summed E-state index contributed by atoms with van der Waals surface area (Å²) in [5.41, 5.74) is 0.702. The van der Waals surface area contributed by atoms with Crippen molar-refractivity contribution in [2.24, 2.45) is 0 Å². The minimum absolute atomic E-state index is 0.373. The van der Waals surface area contributed by atoms with Gasteiger partial charge in [0.25, 0.3) is 0 Å². The molecule has 1 N–H and O–H groups in total. The van der Waals surface area contributed by atoms with Crippen LogP contribution in [0.1, 0.15) is 11.7 Å². The summed E-state index contributed by atoms with van der Waals surface area (Å²) < 4.78 is 1.71. The van der Waals surface area contributed by atoms with E-state index < -0.39 is 0 Å². The van der Waals surface area contributed by atoms with E-state index in [9.17, 15) is 0 Å². The molecule has 1 heterocycles. The normalized spacial score (nSPS) is 12.2. The van der Waals surface area contributed by atoms with Gasteiger partial charge in [-0.05, 0) is 45.0 Å². The van der Waals surface area contributed by atoms with E-state index in [1.165, 1.54) is 0 Å². The second-order valence-electron chi connectivity index (χ2n) is 2.37. The van der Waals surface area contributed by atoms with E-state index in [0.29, 0.717) is 5.69 Å². The van der Waals surface area contributed by atoms with Gasteiger partial charge in [-0.1, -0.05) is 0 Å². The van der Waals surface area contributed by atoms with Gasteiger partial charge in [0.15, 0.2) is 0 Å². The maximum atomic E-state index is 8.79. The number of rotatable bonds is 2. The van der Waals surface area contributed by atoms with Crippen molar-refractivity contribution in [3.63, 3.8) is 0 Å². The van der Waals surface area contributed by atoms with E-state index in [4.69, 9.17) is 5.26 Å². The Labute approximate surface area is 93.4 Å². The van der Waals surface area contributed by atoms with Crippen LogP contribution in [0.2, 0.25) is 0 Å². The smallest absolute Gasteiger partial charge is 0.139 e. The average molecular weight is 305 g/mol. The van der Waals surface area contributed by atoms with Crippen molar-refractivity contribution in [3.05, 3.63) is 26.9 Å². The Hall–Kier alpha value is -0.440. The van der Waals surface area contributed by atoms with E-state index in [2.05, 4.69) is 48.2 Å². The topological polar surface area (TPSA) is 48.7 Å². The molecule has 5 heteroatoms. The second kappa shape index (κ2) is 4.70. The molecule has 0 aliphatic carbocycles. The van der Waals surface area contributed by atoms with E-state index in [0.717, 1.165) is 8.95 Å². The SMILES string of the molecule is CNC(C#N)c1ncc(Br)cc1Br. The minimum atomic E-state index is -0.373. The lowest BCUT2D eigenvalue weighted by molar-refractivity contribution is 0.700. The van der Waals surface area contributed by atoms with Gasteiger partial charge in [-0.2, -0.15) is 5.26 Å². The molecule has 1 aromatic rings. The minimum Gasteiger partial charge on any atom is -0.300 e. The van der Waals surface area contributed by atoms with Gasteiger partial charge >= 0.3 is 0 Å². The number of halogens is 2. The van der Waals surface area contributed by atoms with E-state index in [1.54, 1.807) is 13.2 Å². The number of nitrogens with zero attached hydrogens (tertiary/aromatic N) is 2. The first-order valence-corrected chi connectivity index (χ1v) is 5.15. The molecule has 3 nitrogen and oxygen atoms in total. The van der Waals surface area contributed by atoms with Crippen molar-refractivity contribution in [2.45, 2.75) is 6.04 Å². The van der Waals surface area contributed by atoms with Gasteiger partial charge in [-0.3, -0.25) is 10.3 Å². The summed E-state index contributed by atoms with van der Waals surface area (Å²) in [5, 5.41) is 11.6. The molecule has 13 heavy (non-hydrogen) atoms. The van der Waals surface area contributed by atoms with Gasteiger partial charge in [-0.15, -0.1) is 0 Å². The van der Waals surface area contributed by atoms with Gasteiger partial charge in [0.05, 0.1) is 11.8 Å². The molecule has 0 aliphatic rings. The number of nitrogens with one attached hydrogen (secondary N) is 1. The first-order valence-electron chi connectivity index (χ1n) is 3.57. The van der Waals surface area contributed by atoms with Crippen LogP contribution in [0.3, 0.4) is 0 Å². The molecule has 0 saturated carbocycles. The van der Waals surface area contributed by atoms with Crippen LogP contribution in [0.4, 0.5) is 0 Å². The van der Waals surface area contributed by atoms with Crippen LogP contribution in [-0.4, -0.2) is 12.0 Å². The van der Waals surface area contributed by atoms with Crippen molar-refractivity contribution >= 4 is 31.9 Å². The summed E-state index contributed by atoms with van der Waals surface area (Å²) in [6.45, 7) is 0. The summed E-state index contributed by atoms with van der Waals surface area (Å²) in [7, 11) is 1.73. The average Bonchev–Trinajstić information content (AvgIpc) is 2.10. The Balaban J connectivity index is 3.09. The first kappa shape index (κ1) is 10.6. The molecule has 0 amide bonds. The van der Waals surface area contributed by atoms with Crippen molar-refractivity contribution < 1.29 is 0 Å². The molecule has 0 saturated heterocycles. The van der Waals surface area contributed by atoms with Crippen LogP contribution in [0.25, 0.3) is 0 Å². The highest BCUT2D eigenvalue weighted by atomic mass is 79.9. The quantitative estimate of drug-likeness (QED) is 0.912. The van der Waals surface area contributed by atoms with Crippen LogP contribution in [-0.2, 0) is 0 Å². The maximum Gasteiger partial charge on any atom is 0.139 e. The molecular formula is C8H7Br2N3. The van der Waals surface area contributed by atoms with E-state index in [1.807, 2.05) is 6.07 Å². The molecule has 1 rings (SSSR count). The largest absolute Gasteiger partial charge is 0.300 e. The molecule has 1 atom stereocenters. The van der Waals surface area contributed by atoms with Crippen LogP contribution in [0.15, 0.2) is 21.2 Å². The van der Waals surface area contributed by atoms with Gasteiger partial charge in [-0.25, -0.2) is 0 Å². The summed E-state index contributed by atoms with van der Waals surface area (Å²) in [6, 6.07) is 3.60. The molecule has 0 aromatic carbocycles. The lowest BCUT2D eigenvalue weighted by atomic mass is 10.2. The third-order valence-corrected chi connectivity index (χ3v) is 2.60. The molecule has 68 valence electrons. The number of aromatic nitrogens is 1. The van der Waals surface area contributed by atoms with Gasteiger partial charge in [0.2, 0.25) is 0 Å². The zero-order valence-electron chi connectivity index (χ0n) is 6.88. The molecule has 0 aliphatic heterocycles. The summed E-state index contributed by atoms with van der Waals surface area (Å²) >= 11 is 6.64. The lowest BCUT2D eigenvalue weighted by Gasteiger charge is -2.08. The highest BCUT2D eigenvalue weighted by Crippen LogP contribution is 2.23. The first-order chi connectivity index (χ1) is 6.19. The Morgan fingerprint density at radius 3 is 2.77 bits per heavy atom. The lowest BCUT2D eigenvalue weighted by Crippen LogP contribution is -2.16. The van der Waals surface area contributed by atoms with Crippen molar-refractivity contribution in [3.8, 4) is 6.07 Å². The fraction of sp³-hybridized carbons (Fsp3) is 0.250. The Kier molecular flexibility index (Phi) is 3.85. The number of pyridine rings is 1. The number of hydrogen-bond acceptors (Lipinski definition) is 3. The fourth-order valence-corrected chi connectivity index (χ4v) is 2.12. The summed E-state index contributed by atoms with van der Waals surface area (Å²) in [6.07, 6.45) is 1.67. The standard InChI is InChI=1S/C8H7Br2N3/c1-12-7(3-11)8-6(10)2-5(9)4-13-8/h2,4,7,12H,1H3. The number of nitriles is 1. The van der Waals surface area contributed by atoms with Crippen molar-refractivity contribution in [2.75, 3.05) is 7.05 Å². The van der Waals surface area contributed by atoms with E-state index >= 15 is 0 Å². The monoisotopic (exact) mass is 303 g/mol. The van der Waals surface area contributed by atoms with Gasteiger partial charge in [0, 0.05) is 15.1 Å². The predicted octanol–water partition coefficient (Wildman–Crippen LogP) is 2.39. The second-order valence-corrected chi connectivity index (χ2v) is 4.14. The van der Waals surface area contributed by atoms with Crippen molar-refractivity contribution in [1.29, 1.82) is 5.26 Å². The number of hydrogen-bond donors (Lipinski definition) is 1. The molecule has 0 spiro atoms. The maximum absolute atomic E-state index is 8.79. The molecule has 0 fully saturated rings. The Morgan fingerprint density at radius 2 is 2.31 bits per heavy atom. The third-order valence-electron chi connectivity index (χ3n) is 1.53. The van der Waals surface area contributed by atoms with Crippen LogP contribution in [0, 0.1) is 11.3 Å². The molecule has 0 bridgehead atoms.